The van der Waals surface area contributed by atoms with Gasteiger partial charge in [0.05, 0.1) is 0 Å². The third-order valence-electron chi connectivity index (χ3n) is 2.54. The molecule has 0 radical (unpaired) electrons. The summed E-state index contributed by atoms with van der Waals surface area (Å²) >= 11 is 7.00. The van der Waals surface area contributed by atoms with Crippen LogP contribution in [0.25, 0.3) is 0 Å². The third-order valence-corrected chi connectivity index (χ3v) is 3.72. The van der Waals surface area contributed by atoms with Gasteiger partial charge in [-0.25, -0.2) is 0 Å². The zero-order valence-corrected chi connectivity index (χ0v) is 9.37. The maximum atomic E-state index is 8.83. The van der Waals surface area contributed by atoms with E-state index in [1.165, 1.54) is 24.4 Å². The van der Waals surface area contributed by atoms with Crippen LogP contribution in [-0.2, 0) is 0 Å². The second kappa shape index (κ2) is 3.41. The molecule has 1 aromatic rings. The number of nitrogens with zero attached hydrogens (tertiary/aromatic N) is 2. The lowest BCUT2D eigenvalue weighted by Gasteiger charge is -2.08. The molecular formula is C9H10ClN3S. The van der Waals surface area contributed by atoms with Crippen LogP contribution in [0.4, 0.5) is 5.00 Å². The molecule has 0 spiro atoms. The summed E-state index contributed by atoms with van der Waals surface area (Å²) in [6, 6.07) is 2.05. The van der Waals surface area contributed by atoms with Crippen LogP contribution >= 0.6 is 23.1 Å². The Hall–Kier alpha value is -0.790. The van der Waals surface area contributed by atoms with Crippen LogP contribution in [-0.4, -0.2) is 10.9 Å². The highest BCUT2D eigenvalue weighted by atomic mass is 35.5. The summed E-state index contributed by atoms with van der Waals surface area (Å²) in [4.78, 5) is 0. The monoisotopic (exact) mass is 227 g/mol. The van der Waals surface area contributed by atoms with Gasteiger partial charge in [-0.1, -0.05) is 18.5 Å². The van der Waals surface area contributed by atoms with E-state index in [2.05, 4.69) is 22.7 Å². The van der Waals surface area contributed by atoms with Crippen molar-refractivity contribution in [3.63, 3.8) is 0 Å². The predicted octanol–water partition coefficient (Wildman–Crippen LogP) is 2.88. The number of hydrogen-bond acceptors (Lipinski definition) is 4. The summed E-state index contributed by atoms with van der Waals surface area (Å²) in [5.74, 6) is 0. The molecule has 0 bridgehead atoms. The Morgan fingerprint density at radius 3 is 3.00 bits per heavy atom. The number of rotatable bonds is 3. The average molecular weight is 228 g/mol. The van der Waals surface area contributed by atoms with Crippen LogP contribution in [0.15, 0.2) is 0 Å². The highest BCUT2D eigenvalue weighted by Gasteiger charge is 2.37. The first kappa shape index (κ1) is 9.75. The number of halogens is 1. The quantitative estimate of drug-likeness (QED) is 0.864. The molecule has 0 aliphatic heterocycles. The van der Waals surface area contributed by atoms with Crippen LogP contribution in [0.5, 0.6) is 0 Å². The van der Waals surface area contributed by atoms with Crippen LogP contribution in [0.3, 0.4) is 0 Å². The molecule has 1 fully saturated rings. The molecular weight excluding hydrogens is 218 g/mol. The maximum Gasteiger partial charge on any atom is 0.162 e. The summed E-state index contributed by atoms with van der Waals surface area (Å²) < 4.78 is 3.93. The minimum absolute atomic E-state index is 0.306. The topological polar surface area (TPSA) is 48.7 Å². The molecule has 0 atom stereocenters. The fourth-order valence-electron chi connectivity index (χ4n) is 1.17. The van der Waals surface area contributed by atoms with Crippen molar-refractivity contribution in [3.05, 3.63) is 10.7 Å². The smallest absolute Gasteiger partial charge is 0.162 e. The normalized spacial score (nSPS) is 17.5. The van der Waals surface area contributed by atoms with Crippen molar-refractivity contribution < 1.29 is 0 Å². The number of nitrogens with one attached hydrogen (secondary N) is 1. The Morgan fingerprint density at radius 1 is 1.71 bits per heavy atom. The van der Waals surface area contributed by atoms with Crippen molar-refractivity contribution in [2.45, 2.75) is 19.8 Å². The van der Waals surface area contributed by atoms with Gasteiger partial charge in [0.2, 0.25) is 0 Å². The van der Waals surface area contributed by atoms with Gasteiger partial charge in [0.1, 0.15) is 16.6 Å². The summed E-state index contributed by atoms with van der Waals surface area (Å²) in [6.07, 6.45) is 2.52. The molecule has 1 aliphatic carbocycles. The molecule has 1 saturated carbocycles. The summed E-state index contributed by atoms with van der Waals surface area (Å²) in [5, 5.41) is 13.2. The van der Waals surface area contributed by atoms with Crippen LogP contribution in [0, 0.1) is 16.7 Å². The zero-order chi connectivity index (χ0) is 10.2. The van der Waals surface area contributed by atoms with E-state index in [1.807, 2.05) is 0 Å². The Kier molecular flexibility index (Phi) is 2.38. The van der Waals surface area contributed by atoms with E-state index < -0.39 is 0 Å². The molecule has 0 unspecified atom stereocenters. The Morgan fingerprint density at radius 2 is 2.43 bits per heavy atom. The molecule has 0 saturated heterocycles. The van der Waals surface area contributed by atoms with Gasteiger partial charge in [-0.2, -0.15) is 9.64 Å². The van der Waals surface area contributed by atoms with Gasteiger partial charge in [-0.05, 0) is 29.8 Å². The van der Waals surface area contributed by atoms with Gasteiger partial charge >= 0.3 is 0 Å². The molecule has 1 heterocycles. The van der Waals surface area contributed by atoms with E-state index in [9.17, 15) is 0 Å². The van der Waals surface area contributed by atoms with Crippen LogP contribution in [0.2, 0.25) is 5.15 Å². The Bertz CT molecular complexity index is 389. The predicted molar refractivity (Wildman–Crippen MR) is 57.7 cm³/mol. The van der Waals surface area contributed by atoms with Crippen molar-refractivity contribution >= 4 is 28.1 Å². The summed E-state index contributed by atoms with van der Waals surface area (Å²) in [6.45, 7) is 3.13. The van der Waals surface area contributed by atoms with E-state index in [0.717, 1.165) is 11.5 Å². The molecule has 3 nitrogen and oxygen atoms in total. The number of nitriles is 1. The van der Waals surface area contributed by atoms with Gasteiger partial charge in [0, 0.05) is 6.54 Å². The SMILES string of the molecule is CC1(CNc2snc(Cl)c2C#N)CC1. The molecule has 1 N–H and O–H groups in total. The molecule has 1 aliphatic rings. The van der Waals surface area contributed by atoms with E-state index in [1.54, 1.807) is 0 Å². The van der Waals surface area contributed by atoms with Crippen molar-refractivity contribution in [1.29, 1.82) is 5.26 Å². The average Bonchev–Trinajstić information content (AvgIpc) is 2.78. The molecule has 74 valence electrons. The van der Waals surface area contributed by atoms with Gasteiger partial charge in [-0.15, -0.1) is 0 Å². The highest BCUT2D eigenvalue weighted by Crippen LogP contribution is 2.45. The minimum atomic E-state index is 0.306. The highest BCUT2D eigenvalue weighted by molar-refractivity contribution is 7.10. The first-order valence-corrected chi connectivity index (χ1v) is 5.59. The lowest BCUT2D eigenvalue weighted by molar-refractivity contribution is 0.611. The van der Waals surface area contributed by atoms with Gasteiger partial charge < -0.3 is 5.32 Å². The van der Waals surface area contributed by atoms with Gasteiger partial charge in [-0.3, -0.25) is 0 Å². The zero-order valence-electron chi connectivity index (χ0n) is 7.80. The third kappa shape index (κ3) is 1.84. The minimum Gasteiger partial charge on any atom is -0.374 e. The molecule has 0 amide bonds. The number of aromatic nitrogens is 1. The van der Waals surface area contributed by atoms with Crippen molar-refractivity contribution in [1.82, 2.24) is 4.37 Å². The van der Waals surface area contributed by atoms with Gasteiger partial charge in [0.15, 0.2) is 5.15 Å². The standard InChI is InChI=1S/C9H10ClN3S/c1-9(2-3-9)5-12-8-6(4-11)7(10)13-14-8/h12H,2-3,5H2,1H3. The number of hydrogen-bond donors (Lipinski definition) is 1. The Balaban J connectivity index is 2.06. The molecule has 2 rings (SSSR count). The number of anilines is 1. The van der Waals surface area contributed by atoms with E-state index in [-0.39, 0.29) is 0 Å². The fraction of sp³-hybridized carbons (Fsp3) is 0.556. The van der Waals surface area contributed by atoms with Crippen molar-refractivity contribution in [3.8, 4) is 6.07 Å². The lowest BCUT2D eigenvalue weighted by Crippen LogP contribution is -2.11. The Labute approximate surface area is 91.9 Å². The lowest BCUT2D eigenvalue weighted by atomic mass is 10.1. The molecule has 1 aromatic heterocycles. The van der Waals surface area contributed by atoms with Crippen molar-refractivity contribution in [2.24, 2.45) is 5.41 Å². The van der Waals surface area contributed by atoms with Gasteiger partial charge in [0.25, 0.3) is 0 Å². The van der Waals surface area contributed by atoms with E-state index >= 15 is 0 Å². The maximum absolute atomic E-state index is 8.83. The molecule has 5 heteroatoms. The first-order chi connectivity index (χ1) is 6.64. The second-order valence-electron chi connectivity index (χ2n) is 3.95. The second-order valence-corrected chi connectivity index (χ2v) is 5.08. The van der Waals surface area contributed by atoms with Crippen LogP contribution < -0.4 is 5.32 Å². The first-order valence-electron chi connectivity index (χ1n) is 4.44. The largest absolute Gasteiger partial charge is 0.374 e. The van der Waals surface area contributed by atoms with Crippen LogP contribution in [0.1, 0.15) is 25.3 Å². The molecule has 14 heavy (non-hydrogen) atoms. The van der Waals surface area contributed by atoms with E-state index in [0.29, 0.717) is 16.1 Å². The van der Waals surface area contributed by atoms with Crippen molar-refractivity contribution in [2.75, 3.05) is 11.9 Å². The molecule has 0 aromatic carbocycles. The fourth-order valence-corrected chi connectivity index (χ4v) is 2.10. The summed E-state index contributed by atoms with van der Waals surface area (Å²) in [5.41, 5.74) is 0.893. The van der Waals surface area contributed by atoms with E-state index in [4.69, 9.17) is 16.9 Å². The summed E-state index contributed by atoms with van der Waals surface area (Å²) in [7, 11) is 0.